The molecule has 0 radical (unpaired) electrons. The lowest BCUT2D eigenvalue weighted by molar-refractivity contribution is -0.113. The van der Waals surface area contributed by atoms with Crippen LogP contribution in [0.25, 0.3) is 10.9 Å². The number of thioether (sulfide) groups is 1. The molecule has 29 heavy (non-hydrogen) atoms. The Morgan fingerprint density at radius 3 is 2.62 bits per heavy atom. The van der Waals surface area contributed by atoms with Gasteiger partial charge in [-0.15, -0.1) is 0 Å². The Balaban J connectivity index is 1.36. The summed E-state index contributed by atoms with van der Waals surface area (Å²) in [5, 5.41) is 5.02. The number of nitrogens with one attached hydrogen (secondary N) is 1. The number of carbonyl (C=O) groups is 1. The second kappa shape index (κ2) is 8.84. The molecule has 0 spiro atoms. The second-order valence-electron chi connectivity index (χ2n) is 7.23. The van der Waals surface area contributed by atoms with Crippen LogP contribution in [-0.2, 0) is 9.53 Å². The number of ether oxygens (including phenoxy) is 1. The van der Waals surface area contributed by atoms with E-state index in [-0.39, 0.29) is 5.91 Å². The van der Waals surface area contributed by atoms with E-state index < -0.39 is 0 Å². The molecule has 0 atom stereocenters. The van der Waals surface area contributed by atoms with Gasteiger partial charge in [0.25, 0.3) is 0 Å². The van der Waals surface area contributed by atoms with Gasteiger partial charge in [-0.25, -0.2) is 4.98 Å². The van der Waals surface area contributed by atoms with Crippen LogP contribution in [-0.4, -0.2) is 42.9 Å². The SMILES string of the molecule is Cc1cc(SCC(=O)Nc2ccc(N3CCOCC3)cc2)nc2c(C)cccc12. The van der Waals surface area contributed by atoms with Crippen LogP contribution in [0.1, 0.15) is 11.1 Å². The van der Waals surface area contributed by atoms with Crippen molar-refractivity contribution in [3.05, 3.63) is 59.7 Å². The van der Waals surface area contributed by atoms with E-state index in [1.165, 1.54) is 22.7 Å². The number of aromatic nitrogens is 1. The van der Waals surface area contributed by atoms with Gasteiger partial charge in [-0.05, 0) is 55.3 Å². The number of fused-ring (bicyclic) bond motifs is 1. The number of hydrogen-bond acceptors (Lipinski definition) is 5. The van der Waals surface area contributed by atoms with Crippen molar-refractivity contribution < 1.29 is 9.53 Å². The lowest BCUT2D eigenvalue weighted by Gasteiger charge is -2.28. The smallest absolute Gasteiger partial charge is 0.234 e. The molecule has 1 aromatic heterocycles. The highest BCUT2D eigenvalue weighted by atomic mass is 32.2. The van der Waals surface area contributed by atoms with Crippen molar-refractivity contribution >= 4 is 39.9 Å². The first kappa shape index (κ1) is 19.7. The summed E-state index contributed by atoms with van der Waals surface area (Å²) in [6.45, 7) is 7.48. The van der Waals surface area contributed by atoms with Crippen molar-refractivity contribution in [1.29, 1.82) is 0 Å². The number of para-hydroxylation sites is 1. The van der Waals surface area contributed by atoms with Crippen LogP contribution in [0.4, 0.5) is 11.4 Å². The van der Waals surface area contributed by atoms with Crippen molar-refractivity contribution in [3.63, 3.8) is 0 Å². The summed E-state index contributed by atoms with van der Waals surface area (Å²) in [5.74, 6) is 0.299. The predicted molar refractivity (Wildman–Crippen MR) is 120 cm³/mol. The Morgan fingerprint density at radius 2 is 1.86 bits per heavy atom. The summed E-state index contributed by atoms with van der Waals surface area (Å²) >= 11 is 1.47. The summed E-state index contributed by atoms with van der Waals surface area (Å²) in [6.07, 6.45) is 0. The van der Waals surface area contributed by atoms with E-state index in [1.54, 1.807) is 0 Å². The van der Waals surface area contributed by atoms with Gasteiger partial charge in [-0.3, -0.25) is 4.79 Å². The molecule has 0 bridgehead atoms. The highest BCUT2D eigenvalue weighted by Gasteiger charge is 2.12. The fourth-order valence-corrected chi connectivity index (χ4v) is 4.29. The zero-order valence-electron chi connectivity index (χ0n) is 16.8. The lowest BCUT2D eigenvalue weighted by atomic mass is 10.1. The highest BCUT2D eigenvalue weighted by Crippen LogP contribution is 2.26. The van der Waals surface area contributed by atoms with Gasteiger partial charge in [-0.1, -0.05) is 30.0 Å². The summed E-state index contributed by atoms with van der Waals surface area (Å²) in [7, 11) is 0. The van der Waals surface area contributed by atoms with Gasteiger partial charge >= 0.3 is 0 Å². The maximum atomic E-state index is 12.4. The minimum absolute atomic E-state index is 0.0292. The van der Waals surface area contributed by atoms with Crippen molar-refractivity contribution in [2.45, 2.75) is 18.9 Å². The maximum Gasteiger partial charge on any atom is 0.234 e. The number of hydrogen-bond donors (Lipinski definition) is 1. The lowest BCUT2D eigenvalue weighted by Crippen LogP contribution is -2.36. The molecule has 1 N–H and O–H groups in total. The molecule has 1 saturated heterocycles. The first-order chi connectivity index (χ1) is 14.1. The summed E-state index contributed by atoms with van der Waals surface area (Å²) < 4.78 is 5.39. The number of aryl methyl sites for hydroxylation is 2. The van der Waals surface area contributed by atoms with Gasteiger partial charge in [0.1, 0.15) is 0 Å². The Bertz CT molecular complexity index is 1010. The van der Waals surface area contributed by atoms with Crippen molar-refractivity contribution in [2.24, 2.45) is 0 Å². The van der Waals surface area contributed by atoms with Crippen LogP contribution in [0.5, 0.6) is 0 Å². The first-order valence-electron chi connectivity index (χ1n) is 9.82. The molecule has 2 aromatic carbocycles. The molecule has 0 unspecified atom stereocenters. The first-order valence-corrected chi connectivity index (χ1v) is 10.8. The molecule has 1 amide bonds. The molecule has 0 saturated carbocycles. The number of morpholine rings is 1. The fraction of sp³-hybridized carbons (Fsp3) is 0.304. The van der Waals surface area contributed by atoms with Crippen LogP contribution in [0.15, 0.2) is 53.6 Å². The Labute approximate surface area is 175 Å². The number of amides is 1. The minimum Gasteiger partial charge on any atom is -0.378 e. The standard InChI is InChI=1S/C23H25N3O2S/c1-16-4-3-5-20-17(2)14-22(25-23(16)20)29-15-21(27)24-18-6-8-19(9-7-18)26-10-12-28-13-11-26/h3-9,14H,10-13,15H2,1-2H3,(H,24,27). The quantitative estimate of drug-likeness (QED) is 0.635. The molecule has 1 fully saturated rings. The molecule has 0 aliphatic carbocycles. The van der Waals surface area contributed by atoms with Gasteiger partial charge in [0.2, 0.25) is 5.91 Å². The zero-order chi connectivity index (χ0) is 20.2. The average Bonchev–Trinajstić information content (AvgIpc) is 2.74. The molecule has 1 aliphatic heterocycles. The maximum absolute atomic E-state index is 12.4. The van der Waals surface area contributed by atoms with Crippen LogP contribution in [0, 0.1) is 13.8 Å². The average molecular weight is 408 g/mol. The Hall–Kier alpha value is -2.57. The fourth-order valence-electron chi connectivity index (χ4n) is 3.52. The third kappa shape index (κ3) is 4.71. The number of anilines is 2. The second-order valence-corrected chi connectivity index (χ2v) is 8.23. The van der Waals surface area contributed by atoms with Crippen LogP contribution in [0.3, 0.4) is 0 Å². The number of nitrogens with zero attached hydrogens (tertiary/aromatic N) is 2. The number of rotatable bonds is 5. The summed E-state index contributed by atoms with van der Waals surface area (Å²) in [4.78, 5) is 19.4. The van der Waals surface area contributed by atoms with Crippen LogP contribution < -0.4 is 10.2 Å². The molecule has 3 aromatic rings. The monoisotopic (exact) mass is 407 g/mol. The molecule has 1 aliphatic rings. The van der Waals surface area contributed by atoms with E-state index in [0.29, 0.717) is 5.75 Å². The molecular formula is C23H25N3O2S. The van der Waals surface area contributed by atoms with Crippen LogP contribution in [0.2, 0.25) is 0 Å². The molecule has 150 valence electrons. The van der Waals surface area contributed by atoms with Gasteiger partial charge in [0.15, 0.2) is 0 Å². The van der Waals surface area contributed by atoms with E-state index >= 15 is 0 Å². The van der Waals surface area contributed by atoms with Gasteiger partial charge in [-0.2, -0.15) is 0 Å². The third-order valence-electron chi connectivity index (χ3n) is 5.10. The van der Waals surface area contributed by atoms with Gasteiger partial charge in [0.05, 0.1) is 29.5 Å². The number of benzene rings is 2. The zero-order valence-corrected chi connectivity index (χ0v) is 17.6. The van der Waals surface area contributed by atoms with E-state index in [2.05, 4.69) is 48.3 Å². The van der Waals surface area contributed by atoms with Gasteiger partial charge in [0, 0.05) is 29.9 Å². The van der Waals surface area contributed by atoms with E-state index in [0.717, 1.165) is 53.8 Å². The van der Waals surface area contributed by atoms with Crippen LogP contribution >= 0.6 is 11.8 Å². The van der Waals surface area contributed by atoms with E-state index in [1.807, 2.05) is 24.3 Å². The van der Waals surface area contributed by atoms with Crippen molar-refractivity contribution in [1.82, 2.24) is 4.98 Å². The van der Waals surface area contributed by atoms with Crippen molar-refractivity contribution in [3.8, 4) is 0 Å². The Kier molecular flexibility index (Phi) is 6.02. The van der Waals surface area contributed by atoms with Gasteiger partial charge < -0.3 is 15.0 Å². The number of carbonyl (C=O) groups excluding carboxylic acids is 1. The molecular weight excluding hydrogens is 382 g/mol. The number of pyridine rings is 1. The van der Waals surface area contributed by atoms with E-state index in [9.17, 15) is 4.79 Å². The predicted octanol–water partition coefficient (Wildman–Crippen LogP) is 4.42. The third-order valence-corrected chi connectivity index (χ3v) is 6.01. The molecule has 4 rings (SSSR count). The minimum atomic E-state index is -0.0292. The normalized spacial score (nSPS) is 14.2. The van der Waals surface area contributed by atoms with Crippen molar-refractivity contribution in [2.75, 3.05) is 42.3 Å². The summed E-state index contributed by atoms with van der Waals surface area (Å²) in [5.41, 5.74) is 5.31. The molecule has 2 heterocycles. The molecule has 6 heteroatoms. The Morgan fingerprint density at radius 1 is 1.10 bits per heavy atom. The molecule has 5 nitrogen and oxygen atoms in total. The largest absolute Gasteiger partial charge is 0.378 e. The summed E-state index contributed by atoms with van der Waals surface area (Å²) in [6, 6.07) is 16.3. The topological polar surface area (TPSA) is 54.5 Å². The highest BCUT2D eigenvalue weighted by molar-refractivity contribution is 7.99. The van der Waals surface area contributed by atoms with E-state index in [4.69, 9.17) is 9.72 Å².